The summed E-state index contributed by atoms with van der Waals surface area (Å²) in [5.74, 6) is 0.127. The molecule has 0 heterocycles. The van der Waals surface area contributed by atoms with Crippen LogP contribution in [-0.4, -0.2) is 25.5 Å². The second kappa shape index (κ2) is 9.24. The van der Waals surface area contributed by atoms with Crippen LogP contribution < -0.4 is 10.2 Å². The van der Waals surface area contributed by atoms with Crippen LogP contribution in [-0.2, 0) is 17.8 Å². The minimum Gasteiger partial charge on any atom is -0.349 e. The van der Waals surface area contributed by atoms with Gasteiger partial charge in [-0.15, -0.1) is 0 Å². The zero-order valence-electron chi connectivity index (χ0n) is 15.0. The van der Waals surface area contributed by atoms with E-state index < -0.39 is 0 Å². The third-order valence-electron chi connectivity index (χ3n) is 4.33. The SMILES string of the molecule is Cc1ccccc1C[NH+](C)CC(=O)N[C@H](C)CCc1ccccc1. The first kappa shape index (κ1) is 18.2. The fourth-order valence-corrected chi connectivity index (χ4v) is 2.90. The van der Waals surface area contributed by atoms with E-state index in [0.29, 0.717) is 6.54 Å². The molecule has 0 radical (unpaired) electrons. The van der Waals surface area contributed by atoms with Crippen LogP contribution in [0, 0.1) is 6.92 Å². The van der Waals surface area contributed by atoms with Gasteiger partial charge in [0.15, 0.2) is 6.54 Å². The predicted molar refractivity (Wildman–Crippen MR) is 99.0 cm³/mol. The number of likely N-dealkylation sites (N-methyl/N-ethyl adjacent to an activating group) is 1. The largest absolute Gasteiger partial charge is 0.349 e. The van der Waals surface area contributed by atoms with Gasteiger partial charge in [0.2, 0.25) is 0 Å². The lowest BCUT2D eigenvalue weighted by Gasteiger charge is -2.18. The number of nitrogens with one attached hydrogen (secondary N) is 2. The highest BCUT2D eigenvalue weighted by Gasteiger charge is 2.13. The maximum atomic E-state index is 12.2. The average Bonchev–Trinajstić information content (AvgIpc) is 2.56. The van der Waals surface area contributed by atoms with Crippen molar-refractivity contribution in [3.05, 3.63) is 71.3 Å². The zero-order chi connectivity index (χ0) is 17.4. The predicted octanol–water partition coefficient (Wildman–Crippen LogP) is 2.15. The van der Waals surface area contributed by atoms with Crippen molar-refractivity contribution >= 4 is 5.91 Å². The molecule has 2 rings (SSSR count). The molecule has 128 valence electrons. The summed E-state index contributed by atoms with van der Waals surface area (Å²) in [6, 6.07) is 19.0. The summed E-state index contributed by atoms with van der Waals surface area (Å²) >= 11 is 0. The van der Waals surface area contributed by atoms with Crippen LogP contribution in [0.4, 0.5) is 0 Å². The Hall–Kier alpha value is -2.13. The third kappa shape index (κ3) is 6.17. The minimum absolute atomic E-state index is 0.127. The molecule has 2 aromatic rings. The first-order valence-electron chi connectivity index (χ1n) is 8.73. The monoisotopic (exact) mass is 325 g/mol. The van der Waals surface area contributed by atoms with Gasteiger partial charge in [-0.1, -0.05) is 54.6 Å². The van der Waals surface area contributed by atoms with Crippen LogP contribution in [0.5, 0.6) is 0 Å². The fourth-order valence-electron chi connectivity index (χ4n) is 2.90. The lowest BCUT2D eigenvalue weighted by molar-refractivity contribution is -0.885. The molecule has 0 aliphatic rings. The minimum atomic E-state index is 0.127. The fraction of sp³-hybridized carbons (Fsp3) is 0.381. The number of rotatable bonds is 8. The average molecular weight is 325 g/mol. The van der Waals surface area contributed by atoms with Crippen molar-refractivity contribution < 1.29 is 9.69 Å². The van der Waals surface area contributed by atoms with Gasteiger partial charge in [-0.25, -0.2) is 0 Å². The lowest BCUT2D eigenvalue weighted by Crippen LogP contribution is -3.09. The molecule has 0 spiro atoms. The number of carbonyl (C=O) groups excluding carboxylic acids is 1. The summed E-state index contributed by atoms with van der Waals surface area (Å²) in [4.78, 5) is 13.4. The van der Waals surface area contributed by atoms with Gasteiger partial charge in [0.05, 0.1) is 7.05 Å². The van der Waals surface area contributed by atoms with Gasteiger partial charge in [-0.05, 0) is 37.8 Å². The second-order valence-corrected chi connectivity index (χ2v) is 6.73. The van der Waals surface area contributed by atoms with E-state index in [2.05, 4.69) is 74.7 Å². The van der Waals surface area contributed by atoms with E-state index >= 15 is 0 Å². The topological polar surface area (TPSA) is 33.5 Å². The number of carbonyl (C=O) groups is 1. The van der Waals surface area contributed by atoms with Crippen molar-refractivity contribution in [2.45, 2.75) is 39.3 Å². The Labute approximate surface area is 145 Å². The van der Waals surface area contributed by atoms with Gasteiger partial charge >= 0.3 is 0 Å². The maximum Gasteiger partial charge on any atom is 0.275 e. The van der Waals surface area contributed by atoms with Crippen LogP contribution in [0.15, 0.2) is 54.6 Å². The summed E-state index contributed by atoms with van der Waals surface area (Å²) in [6.45, 7) is 5.58. The smallest absolute Gasteiger partial charge is 0.275 e. The van der Waals surface area contributed by atoms with Crippen molar-refractivity contribution in [1.82, 2.24) is 5.32 Å². The highest BCUT2D eigenvalue weighted by Crippen LogP contribution is 2.05. The Kier molecular flexibility index (Phi) is 7.01. The van der Waals surface area contributed by atoms with Crippen LogP contribution in [0.3, 0.4) is 0 Å². The van der Waals surface area contributed by atoms with E-state index in [4.69, 9.17) is 0 Å². The van der Waals surface area contributed by atoms with Crippen LogP contribution in [0.2, 0.25) is 0 Å². The maximum absolute atomic E-state index is 12.2. The summed E-state index contributed by atoms with van der Waals surface area (Å²) < 4.78 is 0. The molecule has 2 aromatic carbocycles. The first-order chi connectivity index (χ1) is 11.5. The van der Waals surface area contributed by atoms with Crippen molar-refractivity contribution in [2.24, 2.45) is 0 Å². The number of hydrogen-bond acceptors (Lipinski definition) is 1. The molecule has 0 aliphatic carbocycles. The molecule has 0 saturated carbocycles. The summed E-state index contributed by atoms with van der Waals surface area (Å²) in [6.07, 6.45) is 1.96. The Balaban J connectivity index is 1.72. The highest BCUT2D eigenvalue weighted by molar-refractivity contribution is 5.77. The molecule has 1 unspecified atom stereocenters. The quantitative estimate of drug-likeness (QED) is 0.766. The molecule has 0 saturated heterocycles. The molecule has 0 aliphatic heterocycles. The molecule has 0 fully saturated rings. The van der Waals surface area contributed by atoms with Crippen LogP contribution >= 0.6 is 0 Å². The van der Waals surface area contributed by atoms with Gasteiger partial charge in [0.25, 0.3) is 5.91 Å². The lowest BCUT2D eigenvalue weighted by atomic mass is 10.1. The van der Waals surface area contributed by atoms with Crippen molar-refractivity contribution in [3.63, 3.8) is 0 Å². The highest BCUT2D eigenvalue weighted by atomic mass is 16.2. The molecule has 3 heteroatoms. The van der Waals surface area contributed by atoms with Gasteiger partial charge < -0.3 is 10.2 Å². The molecule has 24 heavy (non-hydrogen) atoms. The number of aryl methyl sites for hydroxylation is 2. The second-order valence-electron chi connectivity index (χ2n) is 6.73. The summed E-state index contributed by atoms with van der Waals surface area (Å²) in [5, 5.41) is 3.12. The van der Waals surface area contributed by atoms with E-state index in [1.54, 1.807) is 0 Å². The molecule has 1 amide bonds. The number of amides is 1. The normalized spacial score (nSPS) is 13.3. The van der Waals surface area contributed by atoms with Crippen molar-refractivity contribution in [3.8, 4) is 0 Å². The summed E-state index contributed by atoms with van der Waals surface area (Å²) in [7, 11) is 2.07. The molecule has 0 aromatic heterocycles. The molecular formula is C21H29N2O+. The Morgan fingerprint density at radius 3 is 2.46 bits per heavy atom. The zero-order valence-corrected chi connectivity index (χ0v) is 15.0. The van der Waals surface area contributed by atoms with Crippen molar-refractivity contribution in [1.29, 1.82) is 0 Å². The van der Waals surface area contributed by atoms with Crippen LogP contribution in [0.25, 0.3) is 0 Å². The number of hydrogen-bond donors (Lipinski definition) is 2. The number of benzene rings is 2. The Bertz CT molecular complexity index is 639. The first-order valence-corrected chi connectivity index (χ1v) is 8.73. The Morgan fingerprint density at radius 1 is 1.08 bits per heavy atom. The van der Waals surface area contributed by atoms with Gasteiger partial charge in [0.1, 0.15) is 6.54 Å². The van der Waals surface area contributed by atoms with Crippen molar-refractivity contribution in [2.75, 3.05) is 13.6 Å². The number of quaternary nitrogens is 1. The van der Waals surface area contributed by atoms with Gasteiger partial charge in [-0.3, -0.25) is 4.79 Å². The van der Waals surface area contributed by atoms with Gasteiger partial charge in [-0.2, -0.15) is 0 Å². The third-order valence-corrected chi connectivity index (χ3v) is 4.33. The van der Waals surface area contributed by atoms with Gasteiger partial charge in [0, 0.05) is 11.6 Å². The van der Waals surface area contributed by atoms with Crippen LogP contribution in [0.1, 0.15) is 30.0 Å². The molecule has 3 nitrogen and oxygen atoms in total. The Morgan fingerprint density at radius 2 is 1.75 bits per heavy atom. The van der Waals surface area contributed by atoms with E-state index in [-0.39, 0.29) is 11.9 Å². The molecular weight excluding hydrogens is 296 g/mol. The standard InChI is InChI=1S/C21H28N2O/c1-17-9-7-8-12-20(17)15-23(3)16-21(24)22-18(2)13-14-19-10-5-4-6-11-19/h4-12,18H,13-16H2,1-3H3,(H,22,24)/p+1/t18-/m1/s1. The molecule has 2 N–H and O–H groups in total. The summed E-state index contributed by atoms with van der Waals surface area (Å²) in [5.41, 5.74) is 3.91. The van der Waals surface area contributed by atoms with E-state index in [0.717, 1.165) is 19.4 Å². The van der Waals surface area contributed by atoms with E-state index in [9.17, 15) is 4.79 Å². The van der Waals surface area contributed by atoms with E-state index in [1.165, 1.54) is 21.6 Å². The molecule has 0 bridgehead atoms. The van der Waals surface area contributed by atoms with E-state index in [1.807, 2.05) is 6.07 Å². The molecule has 2 atom stereocenters.